The van der Waals surface area contributed by atoms with E-state index in [9.17, 15) is 9.59 Å². The maximum atomic E-state index is 10.0. The van der Waals surface area contributed by atoms with Gasteiger partial charge in [-0.25, -0.2) is 0 Å². The Labute approximate surface area is 143 Å². The van der Waals surface area contributed by atoms with Gasteiger partial charge in [0.15, 0.2) is 0 Å². The summed E-state index contributed by atoms with van der Waals surface area (Å²) in [5, 5.41) is 0. The molecule has 0 saturated carbocycles. The molecule has 1 saturated heterocycles. The van der Waals surface area contributed by atoms with Crippen LogP contribution in [0.4, 0.5) is 0 Å². The Morgan fingerprint density at radius 2 is 1.39 bits per heavy atom. The van der Waals surface area contributed by atoms with Crippen LogP contribution in [0.1, 0.15) is 93.4 Å². The zero-order chi connectivity index (χ0) is 18.0. The zero-order valence-corrected chi connectivity index (χ0v) is 16.4. The van der Waals surface area contributed by atoms with Crippen molar-refractivity contribution in [1.82, 2.24) is 0 Å². The Balaban J connectivity index is 0.000000568. The highest BCUT2D eigenvalue weighted by molar-refractivity contribution is 5.92. The first-order chi connectivity index (χ1) is 10.5. The summed E-state index contributed by atoms with van der Waals surface area (Å²) in [6.07, 6.45) is 7.45. The number of ether oxygens (including phenoxy) is 1. The van der Waals surface area contributed by atoms with E-state index in [0.717, 1.165) is 17.8 Å². The van der Waals surface area contributed by atoms with Crippen LogP contribution in [0.2, 0.25) is 0 Å². The molecule has 0 aromatic rings. The zero-order valence-electron chi connectivity index (χ0n) is 16.4. The Morgan fingerprint density at radius 3 is 1.74 bits per heavy atom. The van der Waals surface area contributed by atoms with E-state index < -0.39 is 11.9 Å². The van der Waals surface area contributed by atoms with Gasteiger partial charge in [0.1, 0.15) is 0 Å². The van der Waals surface area contributed by atoms with Crippen LogP contribution >= 0.6 is 0 Å². The first kappa shape index (κ1) is 22.1. The quantitative estimate of drug-likeness (QED) is 0.441. The van der Waals surface area contributed by atoms with Crippen molar-refractivity contribution in [3.05, 3.63) is 0 Å². The van der Waals surface area contributed by atoms with E-state index in [4.69, 9.17) is 0 Å². The molecule has 0 bridgehead atoms. The fourth-order valence-electron chi connectivity index (χ4n) is 3.64. The van der Waals surface area contributed by atoms with Crippen molar-refractivity contribution in [2.75, 3.05) is 0 Å². The summed E-state index contributed by atoms with van der Waals surface area (Å²) in [6.45, 7) is 16.6. The number of esters is 2. The van der Waals surface area contributed by atoms with Crippen molar-refractivity contribution >= 4 is 11.9 Å². The Bertz CT molecular complexity index is 340. The molecule has 0 N–H and O–H groups in total. The molecule has 3 atom stereocenters. The van der Waals surface area contributed by atoms with E-state index in [-0.39, 0.29) is 12.8 Å². The first-order valence-corrected chi connectivity index (χ1v) is 9.27. The van der Waals surface area contributed by atoms with Crippen LogP contribution in [0.25, 0.3) is 0 Å². The second-order valence-electron chi connectivity index (χ2n) is 8.69. The molecule has 0 spiro atoms. The lowest BCUT2D eigenvalue weighted by Crippen LogP contribution is -2.14. The normalized spacial score (nSPS) is 18.7. The van der Waals surface area contributed by atoms with Crippen LogP contribution in [-0.2, 0) is 14.3 Å². The largest absolute Gasteiger partial charge is 0.393 e. The lowest BCUT2D eigenvalue weighted by atomic mass is 9.80. The number of cyclic esters (lactones) is 2. The summed E-state index contributed by atoms with van der Waals surface area (Å²) >= 11 is 0. The second kappa shape index (κ2) is 10.8. The van der Waals surface area contributed by atoms with E-state index in [0.29, 0.717) is 5.41 Å². The van der Waals surface area contributed by atoms with Crippen molar-refractivity contribution in [2.45, 2.75) is 93.4 Å². The summed E-state index contributed by atoms with van der Waals surface area (Å²) < 4.78 is 4.08. The van der Waals surface area contributed by atoms with Crippen LogP contribution in [0, 0.1) is 23.2 Å². The van der Waals surface area contributed by atoms with Gasteiger partial charge in [-0.15, -0.1) is 0 Å². The van der Waals surface area contributed by atoms with E-state index in [1.807, 2.05) is 0 Å². The lowest BCUT2D eigenvalue weighted by molar-refractivity contribution is -0.151. The lowest BCUT2D eigenvalue weighted by Gasteiger charge is -2.26. The van der Waals surface area contributed by atoms with E-state index >= 15 is 0 Å². The predicted octanol–water partition coefficient (Wildman–Crippen LogP) is 5.76. The van der Waals surface area contributed by atoms with Gasteiger partial charge in [0.25, 0.3) is 0 Å². The van der Waals surface area contributed by atoms with Crippen LogP contribution in [0.15, 0.2) is 0 Å². The maximum absolute atomic E-state index is 10.0. The Kier molecular flexibility index (Phi) is 10.4. The molecule has 3 unspecified atom stereocenters. The van der Waals surface area contributed by atoms with Gasteiger partial charge in [-0.05, 0) is 42.4 Å². The van der Waals surface area contributed by atoms with Crippen molar-refractivity contribution in [1.29, 1.82) is 0 Å². The molecule has 1 fully saturated rings. The monoisotopic (exact) mass is 326 g/mol. The van der Waals surface area contributed by atoms with Gasteiger partial charge < -0.3 is 4.74 Å². The van der Waals surface area contributed by atoms with E-state index in [1.165, 1.54) is 32.1 Å². The highest BCUT2D eigenvalue weighted by Gasteiger charge is 2.19. The summed E-state index contributed by atoms with van der Waals surface area (Å²) in [6, 6.07) is 0. The van der Waals surface area contributed by atoms with Crippen molar-refractivity contribution in [3.8, 4) is 0 Å². The molecule has 136 valence electrons. The molecule has 1 rings (SSSR count). The summed E-state index contributed by atoms with van der Waals surface area (Å²) in [5.41, 5.74) is 0.494. The van der Waals surface area contributed by atoms with Gasteiger partial charge in [0, 0.05) is 0 Å². The van der Waals surface area contributed by atoms with Gasteiger partial charge in [-0.1, -0.05) is 61.3 Å². The van der Waals surface area contributed by atoms with Gasteiger partial charge >= 0.3 is 11.9 Å². The second-order valence-corrected chi connectivity index (χ2v) is 8.69. The molecular formula is C20H38O3. The molecule has 3 nitrogen and oxygen atoms in total. The van der Waals surface area contributed by atoms with Crippen molar-refractivity contribution in [2.24, 2.45) is 23.2 Å². The van der Waals surface area contributed by atoms with Gasteiger partial charge in [0.2, 0.25) is 0 Å². The van der Waals surface area contributed by atoms with Gasteiger partial charge in [-0.3, -0.25) is 9.59 Å². The summed E-state index contributed by atoms with van der Waals surface area (Å²) in [5.74, 6) is 1.90. The molecule has 23 heavy (non-hydrogen) atoms. The van der Waals surface area contributed by atoms with E-state index in [1.54, 1.807) is 0 Å². The smallest absolute Gasteiger partial charge is 0.314 e. The standard InChI is InChI=1S/C16H34.C4H4O3/c1-8-9-13(2)10-14(3)11-15(4)12-16(5,6)7;5-3-1-2-4(6)7-3/h13-15H,8-12H2,1-7H3;1-2H2. The third-order valence-corrected chi connectivity index (χ3v) is 4.11. The van der Waals surface area contributed by atoms with Crippen LogP contribution in [0.5, 0.6) is 0 Å². The van der Waals surface area contributed by atoms with Gasteiger partial charge in [0.05, 0.1) is 12.8 Å². The van der Waals surface area contributed by atoms with Crippen LogP contribution in [-0.4, -0.2) is 11.9 Å². The van der Waals surface area contributed by atoms with Crippen molar-refractivity contribution in [3.63, 3.8) is 0 Å². The summed E-state index contributed by atoms with van der Waals surface area (Å²) in [7, 11) is 0. The molecule has 0 amide bonds. The Morgan fingerprint density at radius 1 is 0.913 bits per heavy atom. The number of hydrogen-bond donors (Lipinski definition) is 0. The van der Waals surface area contributed by atoms with Crippen molar-refractivity contribution < 1.29 is 14.3 Å². The average molecular weight is 327 g/mol. The summed E-state index contributed by atoms with van der Waals surface area (Å²) in [4.78, 5) is 20.0. The fourth-order valence-corrected chi connectivity index (χ4v) is 3.64. The minimum absolute atomic E-state index is 0.263. The number of rotatable bonds is 7. The predicted molar refractivity (Wildman–Crippen MR) is 96.0 cm³/mol. The topological polar surface area (TPSA) is 43.4 Å². The van der Waals surface area contributed by atoms with E-state index in [2.05, 4.69) is 53.2 Å². The molecule has 3 heteroatoms. The average Bonchev–Trinajstić information content (AvgIpc) is 2.70. The Hall–Kier alpha value is -0.860. The molecule has 1 aliphatic heterocycles. The highest BCUT2D eigenvalue weighted by atomic mass is 16.6. The van der Waals surface area contributed by atoms with Crippen LogP contribution < -0.4 is 0 Å². The minimum Gasteiger partial charge on any atom is -0.393 e. The number of hydrogen-bond acceptors (Lipinski definition) is 3. The third kappa shape index (κ3) is 13.3. The fraction of sp³-hybridized carbons (Fsp3) is 0.900. The number of carbonyl (C=O) groups excluding carboxylic acids is 2. The minimum atomic E-state index is -0.398. The highest BCUT2D eigenvalue weighted by Crippen LogP contribution is 2.30. The molecular weight excluding hydrogens is 288 g/mol. The SMILES string of the molecule is CCCC(C)CC(C)CC(C)CC(C)(C)C.O=C1CCC(=O)O1. The molecule has 0 aliphatic carbocycles. The molecule has 1 aliphatic rings. The molecule has 0 aromatic heterocycles. The first-order valence-electron chi connectivity index (χ1n) is 9.27. The maximum Gasteiger partial charge on any atom is 0.314 e. The third-order valence-electron chi connectivity index (χ3n) is 4.11. The molecule has 0 radical (unpaired) electrons. The molecule has 1 heterocycles. The molecule has 0 aromatic carbocycles. The number of carbonyl (C=O) groups is 2. The van der Waals surface area contributed by atoms with Gasteiger partial charge in [-0.2, -0.15) is 0 Å². The van der Waals surface area contributed by atoms with Crippen LogP contribution in [0.3, 0.4) is 0 Å².